The highest BCUT2D eigenvalue weighted by molar-refractivity contribution is 7.16. The van der Waals surface area contributed by atoms with E-state index in [-0.39, 0.29) is 18.0 Å². The van der Waals surface area contributed by atoms with Gasteiger partial charge in [-0.2, -0.15) is 0 Å². The molecule has 0 radical (unpaired) electrons. The van der Waals surface area contributed by atoms with Crippen molar-refractivity contribution in [3.05, 3.63) is 16.0 Å². The number of amidine groups is 1. The summed E-state index contributed by atoms with van der Waals surface area (Å²) in [5.41, 5.74) is 2.60. The van der Waals surface area contributed by atoms with Crippen LogP contribution in [0.15, 0.2) is 9.98 Å². The van der Waals surface area contributed by atoms with E-state index in [0.717, 1.165) is 30.3 Å². The number of fused-ring (bicyclic) bond motifs is 5. The third-order valence-electron chi connectivity index (χ3n) is 3.68. The van der Waals surface area contributed by atoms with Crippen LogP contribution < -0.4 is 12.4 Å². The van der Waals surface area contributed by atoms with E-state index in [0.29, 0.717) is 6.61 Å². The molecule has 3 aliphatic heterocycles. The Morgan fingerprint density at radius 3 is 3.11 bits per heavy atom. The van der Waals surface area contributed by atoms with Gasteiger partial charge in [-0.15, -0.1) is 11.3 Å². The number of aliphatic imine (C=N–C) groups is 2. The monoisotopic (exact) mass is 296 g/mol. The first-order valence-electron chi connectivity index (χ1n) is 6.28. The largest absolute Gasteiger partial charge is 1.00 e. The number of thiophene rings is 1. The SMILES string of the molecule is CC1(C)Cc2c(sc3c2C2=NCCN2C=N3)CO1.[Cl-]. The molecular formula is C13H15ClN3OS-. The van der Waals surface area contributed by atoms with Crippen LogP contribution in [0.1, 0.15) is 29.9 Å². The Labute approximate surface area is 122 Å². The van der Waals surface area contributed by atoms with Crippen LogP contribution in [0.3, 0.4) is 0 Å². The lowest BCUT2D eigenvalue weighted by atomic mass is 9.92. The molecule has 0 amide bonds. The van der Waals surface area contributed by atoms with Crippen LogP contribution in [-0.2, 0) is 17.8 Å². The fraction of sp³-hybridized carbons (Fsp3) is 0.538. The number of ether oxygens (including phenoxy) is 1. The van der Waals surface area contributed by atoms with E-state index in [2.05, 4.69) is 28.7 Å². The van der Waals surface area contributed by atoms with Crippen molar-refractivity contribution in [2.45, 2.75) is 32.5 Å². The van der Waals surface area contributed by atoms with Gasteiger partial charge in [0.15, 0.2) is 0 Å². The van der Waals surface area contributed by atoms with Gasteiger partial charge in [0.25, 0.3) is 0 Å². The molecule has 4 rings (SSSR count). The van der Waals surface area contributed by atoms with Gasteiger partial charge >= 0.3 is 0 Å². The second-order valence-electron chi connectivity index (χ2n) is 5.55. The predicted molar refractivity (Wildman–Crippen MR) is 73.2 cm³/mol. The maximum Gasteiger partial charge on any atom is 0.139 e. The third-order valence-corrected chi connectivity index (χ3v) is 4.79. The molecule has 0 spiro atoms. The lowest BCUT2D eigenvalue weighted by molar-refractivity contribution is -0.0383. The molecule has 0 saturated heterocycles. The molecule has 0 saturated carbocycles. The van der Waals surface area contributed by atoms with Gasteiger partial charge in [0.05, 0.1) is 30.7 Å². The molecule has 0 fully saturated rings. The zero-order valence-corrected chi connectivity index (χ0v) is 12.5. The van der Waals surface area contributed by atoms with E-state index in [9.17, 15) is 0 Å². The molecule has 6 heteroatoms. The van der Waals surface area contributed by atoms with Crippen molar-refractivity contribution >= 4 is 28.5 Å². The van der Waals surface area contributed by atoms with E-state index in [1.807, 2.05) is 6.34 Å². The number of hydrogen-bond donors (Lipinski definition) is 0. The predicted octanol–water partition coefficient (Wildman–Crippen LogP) is -0.661. The molecule has 3 aliphatic rings. The molecule has 0 atom stereocenters. The molecule has 0 bridgehead atoms. The number of rotatable bonds is 0. The molecule has 19 heavy (non-hydrogen) atoms. The van der Waals surface area contributed by atoms with Gasteiger partial charge in [-0.05, 0) is 19.4 Å². The summed E-state index contributed by atoms with van der Waals surface area (Å²) < 4.78 is 5.89. The van der Waals surface area contributed by atoms with Crippen molar-refractivity contribution in [3.63, 3.8) is 0 Å². The van der Waals surface area contributed by atoms with E-state index in [1.165, 1.54) is 16.0 Å². The van der Waals surface area contributed by atoms with Crippen molar-refractivity contribution in [2.24, 2.45) is 9.98 Å². The van der Waals surface area contributed by atoms with Crippen molar-refractivity contribution in [3.8, 4) is 0 Å². The highest BCUT2D eigenvalue weighted by atomic mass is 35.5. The van der Waals surface area contributed by atoms with E-state index in [4.69, 9.17) is 4.74 Å². The van der Waals surface area contributed by atoms with Gasteiger partial charge in [0.2, 0.25) is 0 Å². The second-order valence-corrected chi connectivity index (χ2v) is 6.64. The van der Waals surface area contributed by atoms with Crippen molar-refractivity contribution in [1.82, 2.24) is 4.90 Å². The average Bonchev–Trinajstić information content (AvgIpc) is 2.89. The molecular weight excluding hydrogens is 282 g/mol. The highest BCUT2D eigenvalue weighted by Gasteiger charge is 2.35. The van der Waals surface area contributed by atoms with Crippen LogP contribution in [0.25, 0.3) is 0 Å². The number of halogens is 1. The number of hydrogen-bond acceptors (Lipinski definition) is 5. The lowest BCUT2D eigenvalue weighted by Crippen LogP contribution is -3.00. The van der Waals surface area contributed by atoms with E-state index >= 15 is 0 Å². The fourth-order valence-electron chi connectivity index (χ4n) is 2.78. The molecule has 0 aliphatic carbocycles. The molecule has 4 nitrogen and oxygen atoms in total. The topological polar surface area (TPSA) is 37.2 Å². The first-order chi connectivity index (χ1) is 8.64. The Bertz CT molecular complexity index is 591. The molecule has 102 valence electrons. The van der Waals surface area contributed by atoms with Crippen LogP contribution in [-0.4, -0.2) is 35.8 Å². The van der Waals surface area contributed by atoms with Crippen LogP contribution in [0, 0.1) is 0 Å². The summed E-state index contributed by atoms with van der Waals surface area (Å²) >= 11 is 1.76. The summed E-state index contributed by atoms with van der Waals surface area (Å²) in [6.45, 7) is 6.86. The Morgan fingerprint density at radius 1 is 1.42 bits per heavy atom. The van der Waals surface area contributed by atoms with E-state index in [1.54, 1.807) is 11.3 Å². The summed E-state index contributed by atoms with van der Waals surface area (Å²) in [4.78, 5) is 12.7. The van der Waals surface area contributed by atoms with Gasteiger partial charge in [-0.3, -0.25) is 4.99 Å². The van der Waals surface area contributed by atoms with Crippen LogP contribution in [0.5, 0.6) is 0 Å². The summed E-state index contributed by atoms with van der Waals surface area (Å²) in [6, 6.07) is 0. The summed E-state index contributed by atoms with van der Waals surface area (Å²) in [7, 11) is 0. The van der Waals surface area contributed by atoms with E-state index < -0.39 is 0 Å². The standard InChI is InChI=1S/C13H15N3OS.ClH/c1-13(2)5-8-9(6-17-13)18-12-10(8)11-14-3-4-16(11)7-15-12;/h7H,3-6H2,1-2H3;1H/p-1. The van der Waals surface area contributed by atoms with Crippen molar-refractivity contribution in [1.29, 1.82) is 0 Å². The second kappa shape index (κ2) is 4.30. The maximum absolute atomic E-state index is 5.89. The minimum atomic E-state index is -0.0764. The minimum Gasteiger partial charge on any atom is -1.00 e. The third kappa shape index (κ3) is 1.91. The van der Waals surface area contributed by atoms with Gasteiger partial charge in [-0.25, -0.2) is 4.99 Å². The zero-order chi connectivity index (χ0) is 12.3. The fourth-order valence-corrected chi connectivity index (χ4v) is 3.84. The minimum absolute atomic E-state index is 0. The normalized spacial score (nSPS) is 22.2. The van der Waals surface area contributed by atoms with Gasteiger partial charge in [-0.1, -0.05) is 0 Å². The van der Waals surface area contributed by atoms with Gasteiger partial charge < -0.3 is 22.0 Å². The molecule has 4 heterocycles. The molecule has 1 aromatic heterocycles. The van der Waals surface area contributed by atoms with Crippen molar-refractivity contribution < 1.29 is 17.1 Å². The number of nitrogens with zero attached hydrogens (tertiary/aromatic N) is 3. The van der Waals surface area contributed by atoms with Crippen molar-refractivity contribution in [2.75, 3.05) is 13.1 Å². The first-order valence-corrected chi connectivity index (χ1v) is 7.10. The van der Waals surface area contributed by atoms with Crippen LogP contribution >= 0.6 is 11.3 Å². The first kappa shape index (κ1) is 13.1. The van der Waals surface area contributed by atoms with Crippen LogP contribution in [0.4, 0.5) is 5.00 Å². The molecule has 1 aromatic rings. The van der Waals surface area contributed by atoms with Gasteiger partial charge in [0, 0.05) is 17.8 Å². The maximum atomic E-state index is 5.89. The summed E-state index contributed by atoms with van der Waals surface area (Å²) in [6.07, 6.45) is 2.87. The summed E-state index contributed by atoms with van der Waals surface area (Å²) in [5.74, 6) is 1.12. The Hall–Kier alpha value is -0.910. The average molecular weight is 297 g/mol. The Morgan fingerprint density at radius 2 is 2.26 bits per heavy atom. The van der Waals surface area contributed by atoms with Crippen LogP contribution in [0.2, 0.25) is 0 Å². The lowest BCUT2D eigenvalue weighted by Gasteiger charge is -2.31. The highest BCUT2D eigenvalue weighted by Crippen LogP contribution is 2.43. The smallest absolute Gasteiger partial charge is 0.139 e. The summed E-state index contributed by atoms with van der Waals surface area (Å²) in [5, 5.41) is 1.11. The molecule has 0 unspecified atom stereocenters. The quantitative estimate of drug-likeness (QED) is 0.637. The molecule has 0 aromatic carbocycles. The zero-order valence-electron chi connectivity index (χ0n) is 10.9. The Kier molecular flexibility index (Phi) is 2.96. The Balaban J connectivity index is 0.00000110. The molecule has 0 N–H and O–H groups in total. The van der Waals surface area contributed by atoms with Gasteiger partial charge in [0.1, 0.15) is 10.8 Å².